The molecule has 3 heterocycles. The maximum absolute atomic E-state index is 5.48. The first-order valence-electron chi connectivity index (χ1n) is 10.7. The average molecular weight is 461 g/mol. The van der Waals surface area contributed by atoms with Crippen molar-refractivity contribution in [2.45, 2.75) is 9.79 Å². The van der Waals surface area contributed by atoms with E-state index < -0.39 is 0 Å². The summed E-state index contributed by atoms with van der Waals surface area (Å²) in [5.41, 5.74) is 0.829. The summed E-state index contributed by atoms with van der Waals surface area (Å²) in [5.74, 6) is 2.98. The van der Waals surface area contributed by atoms with Crippen LogP contribution >= 0.6 is 11.8 Å². The first-order chi connectivity index (χ1) is 16.2. The Bertz CT molecular complexity index is 1230. The molecule has 9 heteroatoms. The number of fused-ring (bicyclic) bond motifs is 1. The van der Waals surface area contributed by atoms with Crippen LogP contribution in [0.25, 0.3) is 10.9 Å². The van der Waals surface area contributed by atoms with Crippen molar-refractivity contribution in [1.82, 2.24) is 19.9 Å². The molecule has 168 valence electrons. The predicted molar refractivity (Wildman–Crippen MR) is 130 cm³/mol. The van der Waals surface area contributed by atoms with E-state index >= 15 is 0 Å². The number of rotatable bonds is 6. The van der Waals surface area contributed by atoms with Gasteiger partial charge in [0.05, 0.1) is 19.7 Å². The lowest BCUT2D eigenvalue weighted by Crippen LogP contribution is -2.47. The van der Waals surface area contributed by atoms with Gasteiger partial charge in [0, 0.05) is 59.8 Å². The normalized spacial score (nSPS) is 13.9. The van der Waals surface area contributed by atoms with Gasteiger partial charge in [0.15, 0.2) is 11.5 Å². The topological polar surface area (TPSA) is 76.5 Å². The number of ether oxygens (including phenoxy) is 2. The number of piperazine rings is 1. The van der Waals surface area contributed by atoms with E-state index in [0.717, 1.165) is 53.7 Å². The third kappa shape index (κ3) is 4.49. The van der Waals surface area contributed by atoms with Gasteiger partial charge in [-0.1, -0.05) is 30.0 Å². The fraction of sp³-hybridized carbons (Fsp3) is 0.250. The van der Waals surface area contributed by atoms with Gasteiger partial charge >= 0.3 is 0 Å². The Hall–Kier alpha value is -3.59. The van der Waals surface area contributed by atoms with Crippen LogP contribution in [0.5, 0.6) is 11.5 Å². The fourth-order valence-electron chi connectivity index (χ4n) is 3.89. The molecule has 1 saturated heterocycles. The van der Waals surface area contributed by atoms with Gasteiger partial charge < -0.3 is 19.3 Å². The van der Waals surface area contributed by atoms with Crippen molar-refractivity contribution >= 4 is 34.4 Å². The zero-order valence-electron chi connectivity index (χ0n) is 18.5. The van der Waals surface area contributed by atoms with Gasteiger partial charge in [0.1, 0.15) is 12.1 Å². The highest BCUT2D eigenvalue weighted by molar-refractivity contribution is 7.99. The van der Waals surface area contributed by atoms with Crippen molar-refractivity contribution in [2.24, 2.45) is 0 Å². The summed E-state index contributed by atoms with van der Waals surface area (Å²) in [5, 5.41) is 0.946. The molecule has 2 aromatic heterocycles. The smallest absolute Gasteiger partial charge is 0.225 e. The van der Waals surface area contributed by atoms with Gasteiger partial charge in [-0.2, -0.15) is 0 Å². The number of hydrogen-bond donors (Lipinski definition) is 0. The summed E-state index contributed by atoms with van der Waals surface area (Å²) >= 11 is 1.66. The van der Waals surface area contributed by atoms with E-state index in [1.807, 2.05) is 42.7 Å². The first-order valence-corrected chi connectivity index (χ1v) is 11.5. The Morgan fingerprint density at radius 3 is 2.12 bits per heavy atom. The molecule has 0 aliphatic carbocycles. The molecule has 0 atom stereocenters. The van der Waals surface area contributed by atoms with Crippen LogP contribution in [0, 0.1) is 0 Å². The number of benzene rings is 2. The molecule has 1 aliphatic heterocycles. The molecule has 0 amide bonds. The average Bonchev–Trinajstić information content (AvgIpc) is 2.88. The van der Waals surface area contributed by atoms with Gasteiger partial charge in [0.25, 0.3) is 0 Å². The summed E-state index contributed by atoms with van der Waals surface area (Å²) in [6.07, 6.45) is 5.39. The monoisotopic (exact) mass is 460 g/mol. The maximum Gasteiger partial charge on any atom is 0.225 e. The van der Waals surface area contributed by atoms with Gasteiger partial charge in [-0.05, 0) is 18.2 Å². The minimum Gasteiger partial charge on any atom is -0.493 e. The zero-order chi connectivity index (χ0) is 22.6. The molecule has 33 heavy (non-hydrogen) atoms. The maximum atomic E-state index is 5.48. The van der Waals surface area contributed by atoms with Crippen LogP contribution < -0.4 is 19.3 Å². The van der Waals surface area contributed by atoms with Gasteiger partial charge in [-0.15, -0.1) is 0 Å². The fourth-order valence-corrected chi connectivity index (χ4v) is 4.67. The Morgan fingerprint density at radius 1 is 0.758 bits per heavy atom. The van der Waals surface area contributed by atoms with Crippen molar-refractivity contribution in [3.63, 3.8) is 0 Å². The third-order valence-corrected chi connectivity index (χ3v) is 6.53. The molecule has 0 spiro atoms. The van der Waals surface area contributed by atoms with E-state index in [0.29, 0.717) is 11.5 Å². The van der Waals surface area contributed by atoms with E-state index in [4.69, 9.17) is 9.47 Å². The summed E-state index contributed by atoms with van der Waals surface area (Å²) in [7, 11) is 3.26. The number of anilines is 2. The second kappa shape index (κ2) is 9.50. The van der Waals surface area contributed by atoms with Crippen LogP contribution in [0.3, 0.4) is 0 Å². The SMILES string of the molecule is COc1cc2ncnc(N3CCN(c4ncc(Sc5ccccc5)cn4)CC3)c2cc1OC. The molecule has 0 N–H and O–H groups in total. The van der Waals surface area contributed by atoms with Crippen molar-refractivity contribution in [3.05, 3.63) is 61.2 Å². The summed E-state index contributed by atoms with van der Waals surface area (Å²) in [6.45, 7) is 3.24. The van der Waals surface area contributed by atoms with Gasteiger partial charge in [-0.25, -0.2) is 19.9 Å². The van der Waals surface area contributed by atoms with Crippen molar-refractivity contribution < 1.29 is 9.47 Å². The minimum atomic E-state index is 0.658. The molecule has 8 nitrogen and oxygen atoms in total. The summed E-state index contributed by atoms with van der Waals surface area (Å²) in [4.78, 5) is 24.9. The molecule has 4 aromatic rings. The lowest BCUT2D eigenvalue weighted by atomic mass is 10.2. The highest BCUT2D eigenvalue weighted by Crippen LogP contribution is 2.35. The number of aromatic nitrogens is 4. The van der Waals surface area contributed by atoms with E-state index in [2.05, 4.69) is 41.9 Å². The number of methoxy groups -OCH3 is 2. The summed E-state index contributed by atoms with van der Waals surface area (Å²) < 4.78 is 10.9. The Labute approximate surface area is 196 Å². The Kier molecular flexibility index (Phi) is 6.12. The lowest BCUT2D eigenvalue weighted by Gasteiger charge is -2.35. The molecule has 2 aromatic carbocycles. The van der Waals surface area contributed by atoms with E-state index in [1.165, 1.54) is 4.90 Å². The first kappa shape index (κ1) is 21.3. The van der Waals surface area contributed by atoms with Gasteiger partial charge in [-0.3, -0.25) is 0 Å². The molecular weight excluding hydrogens is 436 g/mol. The van der Waals surface area contributed by atoms with Gasteiger partial charge in [0.2, 0.25) is 5.95 Å². The van der Waals surface area contributed by atoms with Crippen LogP contribution in [-0.4, -0.2) is 60.3 Å². The van der Waals surface area contributed by atoms with Crippen LogP contribution in [0.1, 0.15) is 0 Å². The number of hydrogen-bond acceptors (Lipinski definition) is 9. The predicted octanol–water partition coefficient (Wildman–Crippen LogP) is 3.91. The quantitative estimate of drug-likeness (QED) is 0.425. The standard InChI is InChI=1S/C24H24N6O2S/c1-31-21-12-19-20(13-22(21)32-2)27-16-28-23(19)29-8-10-30(11-9-29)24-25-14-18(15-26-24)33-17-6-4-3-5-7-17/h3-7,12-16H,8-11H2,1-2H3. The zero-order valence-corrected chi connectivity index (χ0v) is 19.3. The highest BCUT2D eigenvalue weighted by Gasteiger charge is 2.22. The molecule has 0 unspecified atom stereocenters. The van der Waals surface area contributed by atoms with E-state index in [1.54, 1.807) is 32.3 Å². The van der Waals surface area contributed by atoms with Crippen LogP contribution in [-0.2, 0) is 0 Å². The largest absolute Gasteiger partial charge is 0.493 e. The Morgan fingerprint density at radius 2 is 1.42 bits per heavy atom. The van der Waals surface area contributed by atoms with Crippen molar-refractivity contribution in [3.8, 4) is 11.5 Å². The van der Waals surface area contributed by atoms with Crippen molar-refractivity contribution in [1.29, 1.82) is 0 Å². The molecule has 0 bridgehead atoms. The summed E-state index contributed by atoms with van der Waals surface area (Å²) in [6, 6.07) is 14.1. The number of nitrogens with zero attached hydrogens (tertiary/aromatic N) is 6. The van der Waals surface area contributed by atoms with Crippen molar-refractivity contribution in [2.75, 3.05) is 50.2 Å². The molecule has 5 rings (SSSR count). The van der Waals surface area contributed by atoms with E-state index in [-0.39, 0.29) is 0 Å². The van der Waals surface area contributed by atoms with E-state index in [9.17, 15) is 0 Å². The molecular formula is C24H24N6O2S. The molecule has 0 saturated carbocycles. The lowest BCUT2D eigenvalue weighted by molar-refractivity contribution is 0.356. The van der Waals surface area contributed by atoms with Crippen LogP contribution in [0.4, 0.5) is 11.8 Å². The highest BCUT2D eigenvalue weighted by atomic mass is 32.2. The van der Waals surface area contributed by atoms with Crippen LogP contribution in [0.15, 0.2) is 71.0 Å². The Balaban J connectivity index is 1.29. The van der Waals surface area contributed by atoms with Crippen LogP contribution in [0.2, 0.25) is 0 Å². The third-order valence-electron chi connectivity index (χ3n) is 5.58. The molecule has 0 radical (unpaired) electrons. The molecule has 1 fully saturated rings. The minimum absolute atomic E-state index is 0.658. The molecule has 1 aliphatic rings. The second-order valence-corrected chi connectivity index (χ2v) is 8.68. The second-order valence-electron chi connectivity index (χ2n) is 7.53.